The van der Waals surface area contributed by atoms with Gasteiger partial charge in [0, 0.05) is 12.3 Å². The zero-order valence-electron chi connectivity index (χ0n) is 10.2. The van der Waals surface area contributed by atoms with Crippen LogP contribution in [0.15, 0.2) is 54.7 Å². The Morgan fingerprint density at radius 1 is 1.21 bits per heavy atom. The van der Waals surface area contributed by atoms with Crippen LogP contribution in [0.1, 0.15) is 15.9 Å². The molecule has 0 radical (unpaired) electrons. The van der Waals surface area contributed by atoms with Crippen molar-refractivity contribution in [3.8, 4) is 5.88 Å². The molecule has 0 spiro atoms. The Labute approximate surface area is 111 Å². The average molecular weight is 255 g/mol. The number of carboxylic acids is 1. The van der Waals surface area contributed by atoms with Crippen LogP contribution in [-0.2, 0) is 0 Å². The molecular formula is C15H13NO3. The van der Waals surface area contributed by atoms with E-state index in [1.165, 1.54) is 12.3 Å². The molecule has 1 aromatic heterocycles. The van der Waals surface area contributed by atoms with Crippen molar-refractivity contribution in [2.24, 2.45) is 0 Å². The number of benzene rings is 1. The van der Waals surface area contributed by atoms with Crippen LogP contribution in [0.2, 0.25) is 0 Å². The molecule has 0 aliphatic carbocycles. The van der Waals surface area contributed by atoms with Crippen LogP contribution >= 0.6 is 0 Å². The molecule has 4 nitrogen and oxygen atoms in total. The van der Waals surface area contributed by atoms with Crippen LogP contribution in [0.3, 0.4) is 0 Å². The molecule has 19 heavy (non-hydrogen) atoms. The summed E-state index contributed by atoms with van der Waals surface area (Å²) in [6, 6.07) is 12.9. The Hall–Kier alpha value is -2.62. The van der Waals surface area contributed by atoms with Crippen LogP contribution < -0.4 is 4.74 Å². The summed E-state index contributed by atoms with van der Waals surface area (Å²) in [5.41, 5.74) is 1.24. The van der Waals surface area contributed by atoms with Gasteiger partial charge in [0.2, 0.25) is 5.88 Å². The van der Waals surface area contributed by atoms with Crippen molar-refractivity contribution in [2.45, 2.75) is 0 Å². The molecule has 4 heteroatoms. The van der Waals surface area contributed by atoms with E-state index in [4.69, 9.17) is 9.84 Å². The Balaban J connectivity index is 1.86. The Morgan fingerprint density at radius 2 is 2.00 bits per heavy atom. The number of rotatable bonds is 5. The molecule has 2 rings (SSSR count). The minimum atomic E-state index is -0.997. The van der Waals surface area contributed by atoms with E-state index in [1.54, 1.807) is 6.07 Å². The standard InChI is InChI=1S/C15H13NO3/c17-15(18)13-8-9-14(16-11-13)19-10-4-7-12-5-2-1-3-6-12/h1-9,11H,10H2,(H,17,18)/b7-4+. The third-order valence-corrected chi connectivity index (χ3v) is 2.42. The largest absolute Gasteiger partial charge is 0.478 e. The van der Waals surface area contributed by atoms with Gasteiger partial charge in [-0.15, -0.1) is 0 Å². The lowest BCUT2D eigenvalue weighted by molar-refractivity contribution is 0.0696. The van der Waals surface area contributed by atoms with E-state index < -0.39 is 5.97 Å². The fourth-order valence-corrected chi connectivity index (χ4v) is 1.47. The highest BCUT2D eigenvalue weighted by molar-refractivity contribution is 5.87. The molecule has 0 aliphatic heterocycles. The van der Waals surface area contributed by atoms with Crippen molar-refractivity contribution in [3.63, 3.8) is 0 Å². The third-order valence-electron chi connectivity index (χ3n) is 2.42. The maximum atomic E-state index is 10.6. The van der Waals surface area contributed by atoms with Gasteiger partial charge in [-0.3, -0.25) is 0 Å². The molecule has 0 atom stereocenters. The summed E-state index contributed by atoms with van der Waals surface area (Å²) in [6.45, 7) is 0.383. The topological polar surface area (TPSA) is 59.4 Å². The number of carbonyl (C=O) groups is 1. The Bertz CT molecular complexity index is 562. The summed E-state index contributed by atoms with van der Waals surface area (Å²) in [4.78, 5) is 14.5. The van der Waals surface area contributed by atoms with E-state index in [2.05, 4.69) is 4.98 Å². The van der Waals surface area contributed by atoms with Crippen LogP contribution in [0.25, 0.3) is 6.08 Å². The van der Waals surface area contributed by atoms with Crippen molar-refractivity contribution in [1.29, 1.82) is 0 Å². The first kappa shape index (κ1) is 12.8. The maximum absolute atomic E-state index is 10.6. The lowest BCUT2D eigenvalue weighted by Gasteiger charge is -2.01. The van der Waals surface area contributed by atoms with Gasteiger partial charge in [-0.05, 0) is 17.7 Å². The zero-order valence-corrected chi connectivity index (χ0v) is 10.2. The van der Waals surface area contributed by atoms with Gasteiger partial charge in [0.05, 0.1) is 5.56 Å². The van der Waals surface area contributed by atoms with Crippen molar-refractivity contribution >= 4 is 12.0 Å². The number of pyridine rings is 1. The van der Waals surface area contributed by atoms with Gasteiger partial charge in [0.15, 0.2) is 0 Å². The molecule has 1 aromatic carbocycles. The predicted molar refractivity (Wildman–Crippen MR) is 72.2 cm³/mol. The number of hydrogen-bond acceptors (Lipinski definition) is 3. The summed E-state index contributed by atoms with van der Waals surface area (Å²) in [6.07, 6.45) is 5.10. The van der Waals surface area contributed by atoms with Crippen LogP contribution in [0.4, 0.5) is 0 Å². The summed E-state index contributed by atoms with van der Waals surface area (Å²) < 4.78 is 5.37. The highest BCUT2D eigenvalue weighted by atomic mass is 16.5. The SMILES string of the molecule is O=C(O)c1ccc(OC/C=C/c2ccccc2)nc1. The first-order valence-electron chi connectivity index (χ1n) is 5.79. The Kier molecular flexibility index (Phi) is 4.29. The van der Waals surface area contributed by atoms with Gasteiger partial charge in [-0.2, -0.15) is 0 Å². The van der Waals surface area contributed by atoms with E-state index in [1.807, 2.05) is 42.5 Å². The number of aromatic nitrogens is 1. The smallest absolute Gasteiger partial charge is 0.337 e. The summed E-state index contributed by atoms with van der Waals surface area (Å²) in [5.74, 6) is -0.592. The second-order valence-corrected chi connectivity index (χ2v) is 3.81. The van der Waals surface area contributed by atoms with E-state index in [0.29, 0.717) is 12.5 Å². The fraction of sp³-hybridized carbons (Fsp3) is 0.0667. The van der Waals surface area contributed by atoms with Crippen LogP contribution in [0.5, 0.6) is 5.88 Å². The quantitative estimate of drug-likeness (QED) is 0.892. The van der Waals surface area contributed by atoms with Crippen molar-refractivity contribution in [2.75, 3.05) is 6.61 Å². The summed E-state index contributed by atoms with van der Waals surface area (Å²) in [7, 11) is 0. The second kappa shape index (κ2) is 6.35. The first-order valence-corrected chi connectivity index (χ1v) is 5.79. The molecule has 96 valence electrons. The maximum Gasteiger partial charge on any atom is 0.337 e. The lowest BCUT2D eigenvalue weighted by atomic mass is 10.2. The highest BCUT2D eigenvalue weighted by Crippen LogP contribution is 2.08. The van der Waals surface area contributed by atoms with E-state index >= 15 is 0 Å². The van der Waals surface area contributed by atoms with E-state index in [0.717, 1.165) is 5.56 Å². The Morgan fingerprint density at radius 3 is 2.63 bits per heavy atom. The molecule has 0 unspecified atom stereocenters. The molecule has 1 heterocycles. The minimum absolute atomic E-state index is 0.146. The second-order valence-electron chi connectivity index (χ2n) is 3.81. The highest BCUT2D eigenvalue weighted by Gasteiger charge is 2.02. The molecular weight excluding hydrogens is 242 g/mol. The number of aromatic carboxylic acids is 1. The molecule has 0 bridgehead atoms. The fourth-order valence-electron chi connectivity index (χ4n) is 1.47. The van der Waals surface area contributed by atoms with Crippen molar-refractivity contribution in [1.82, 2.24) is 4.98 Å². The van der Waals surface area contributed by atoms with E-state index in [-0.39, 0.29) is 5.56 Å². The van der Waals surface area contributed by atoms with Gasteiger partial charge in [-0.1, -0.05) is 36.4 Å². The molecule has 0 saturated heterocycles. The number of ether oxygens (including phenoxy) is 1. The van der Waals surface area contributed by atoms with Crippen LogP contribution in [0, 0.1) is 0 Å². The molecule has 0 saturated carbocycles. The van der Waals surface area contributed by atoms with Crippen molar-refractivity contribution in [3.05, 3.63) is 65.9 Å². The van der Waals surface area contributed by atoms with Gasteiger partial charge >= 0.3 is 5.97 Å². The van der Waals surface area contributed by atoms with Gasteiger partial charge in [0.1, 0.15) is 6.61 Å². The normalized spacial score (nSPS) is 10.5. The minimum Gasteiger partial charge on any atom is -0.478 e. The monoisotopic (exact) mass is 255 g/mol. The summed E-state index contributed by atoms with van der Waals surface area (Å²) in [5, 5.41) is 8.72. The molecule has 0 aliphatic rings. The number of carboxylic acid groups (broad SMARTS) is 1. The van der Waals surface area contributed by atoms with Crippen LogP contribution in [-0.4, -0.2) is 22.7 Å². The lowest BCUT2D eigenvalue weighted by Crippen LogP contribution is -1.99. The van der Waals surface area contributed by atoms with Gasteiger partial charge in [0.25, 0.3) is 0 Å². The van der Waals surface area contributed by atoms with Gasteiger partial charge < -0.3 is 9.84 Å². The van der Waals surface area contributed by atoms with Crippen molar-refractivity contribution < 1.29 is 14.6 Å². The molecule has 0 amide bonds. The van der Waals surface area contributed by atoms with Gasteiger partial charge in [-0.25, -0.2) is 9.78 Å². The number of nitrogens with zero attached hydrogens (tertiary/aromatic N) is 1. The predicted octanol–water partition coefficient (Wildman–Crippen LogP) is 2.87. The molecule has 0 fully saturated rings. The summed E-state index contributed by atoms with van der Waals surface area (Å²) >= 11 is 0. The first-order chi connectivity index (χ1) is 9.25. The average Bonchev–Trinajstić information content (AvgIpc) is 2.45. The zero-order chi connectivity index (χ0) is 13.5. The molecule has 2 aromatic rings. The molecule has 1 N–H and O–H groups in total. The number of hydrogen-bond donors (Lipinski definition) is 1. The van der Waals surface area contributed by atoms with E-state index in [9.17, 15) is 4.79 Å². The third kappa shape index (κ3) is 3.96.